The molecule has 1 fully saturated rings. The number of ether oxygens (including phenoxy) is 1. The van der Waals surface area contributed by atoms with E-state index in [1.807, 2.05) is 31.7 Å². The Bertz CT molecular complexity index is 535. The molecule has 1 amide bonds. The monoisotopic (exact) mass is 315 g/mol. The Morgan fingerprint density at radius 3 is 2.39 bits per heavy atom. The first-order chi connectivity index (χ1) is 10.8. The zero-order valence-corrected chi connectivity index (χ0v) is 14.8. The Kier molecular flexibility index (Phi) is 5.86. The third-order valence-corrected chi connectivity index (χ3v) is 4.25. The van der Waals surface area contributed by atoms with Crippen LogP contribution in [-0.2, 0) is 4.74 Å². The predicted octanol–water partition coefficient (Wildman–Crippen LogP) is 5.13. The minimum Gasteiger partial charge on any atom is -0.444 e. The fraction of sp³-hybridized carbons (Fsp3) is 0.550. The summed E-state index contributed by atoms with van der Waals surface area (Å²) in [7, 11) is 0. The fourth-order valence-corrected chi connectivity index (χ4v) is 2.84. The lowest BCUT2D eigenvalue weighted by Gasteiger charge is -2.33. The van der Waals surface area contributed by atoms with Crippen molar-refractivity contribution >= 4 is 11.7 Å². The van der Waals surface area contributed by atoms with Crippen LogP contribution in [-0.4, -0.2) is 29.7 Å². The van der Waals surface area contributed by atoms with E-state index in [-0.39, 0.29) is 6.09 Å². The number of benzene rings is 1. The lowest BCUT2D eigenvalue weighted by molar-refractivity contribution is 0.0185. The molecular formula is C20H29NO2. The minimum absolute atomic E-state index is 0.174. The largest absolute Gasteiger partial charge is 0.444 e. The highest BCUT2D eigenvalue weighted by atomic mass is 16.6. The number of amides is 1. The number of likely N-dealkylation sites (tertiary alicyclic amines) is 1. The van der Waals surface area contributed by atoms with E-state index >= 15 is 0 Å². The first-order valence-corrected chi connectivity index (χ1v) is 8.55. The molecule has 0 unspecified atom stereocenters. The van der Waals surface area contributed by atoms with E-state index in [2.05, 4.69) is 37.3 Å². The van der Waals surface area contributed by atoms with Crippen LogP contribution < -0.4 is 0 Å². The standard InChI is InChI=1S/C20H29NO2/c1-16(18-8-6-5-7-9-18)10-11-17-12-14-21(15-13-17)19(22)23-20(2,3)4/h5-10,17H,11-15H2,1-4H3. The molecule has 1 aliphatic heterocycles. The van der Waals surface area contributed by atoms with Gasteiger partial charge in [0.1, 0.15) is 5.60 Å². The highest BCUT2D eigenvalue weighted by Gasteiger charge is 2.26. The van der Waals surface area contributed by atoms with Crippen LogP contribution in [0.2, 0.25) is 0 Å². The van der Waals surface area contributed by atoms with Gasteiger partial charge in [-0.05, 0) is 64.0 Å². The smallest absolute Gasteiger partial charge is 0.410 e. The van der Waals surface area contributed by atoms with Crippen LogP contribution in [0.25, 0.3) is 5.57 Å². The van der Waals surface area contributed by atoms with Crippen molar-refractivity contribution in [2.45, 2.75) is 52.6 Å². The highest BCUT2D eigenvalue weighted by Crippen LogP contribution is 2.24. The van der Waals surface area contributed by atoms with Crippen LogP contribution in [0.1, 0.15) is 52.5 Å². The molecule has 3 heteroatoms. The third-order valence-electron chi connectivity index (χ3n) is 4.25. The summed E-state index contributed by atoms with van der Waals surface area (Å²) in [5.74, 6) is 0.660. The summed E-state index contributed by atoms with van der Waals surface area (Å²) in [4.78, 5) is 13.9. The number of nitrogens with zero attached hydrogens (tertiary/aromatic N) is 1. The number of carbonyl (C=O) groups excluding carboxylic acids is 1. The summed E-state index contributed by atoms with van der Waals surface area (Å²) in [6.45, 7) is 9.51. The SMILES string of the molecule is CC(=CCC1CCN(C(=O)OC(C)(C)C)CC1)c1ccccc1. The van der Waals surface area contributed by atoms with E-state index in [0.29, 0.717) is 5.92 Å². The molecule has 0 atom stereocenters. The quantitative estimate of drug-likeness (QED) is 0.774. The molecule has 0 aliphatic carbocycles. The first kappa shape index (κ1) is 17.6. The van der Waals surface area contributed by atoms with Crippen LogP contribution in [0.3, 0.4) is 0 Å². The van der Waals surface area contributed by atoms with Gasteiger partial charge in [-0.25, -0.2) is 4.79 Å². The van der Waals surface area contributed by atoms with Gasteiger partial charge in [0.15, 0.2) is 0 Å². The van der Waals surface area contributed by atoms with Gasteiger partial charge in [-0.1, -0.05) is 36.4 Å². The van der Waals surface area contributed by atoms with Gasteiger partial charge in [-0.15, -0.1) is 0 Å². The van der Waals surface area contributed by atoms with Crippen LogP contribution in [0.15, 0.2) is 36.4 Å². The van der Waals surface area contributed by atoms with Gasteiger partial charge < -0.3 is 9.64 Å². The van der Waals surface area contributed by atoms with Gasteiger partial charge in [-0.2, -0.15) is 0 Å². The molecule has 2 rings (SSSR count). The van der Waals surface area contributed by atoms with Crippen molar-refractivity contribution < 1.29 is 9.53 Å². The topological polar surface area (TPSA) is 29.5 Å². The van der Waals surface area contributed by atoms with E-state index in [0.717, 1.165) is 32.4 Å². The summed E-state index contributed by atoms with van der Waals surface area (Å²) >= 11 is 0. The van der Waals surface area contributed by atoms with Crippen LogP contribution in [0, 0.1) is 5.92 Å². The lowest BCUT2D eigenvalue weighted by Crippen LogP contribution is -2.41. The number of hydrogen-bond donors (Lipinski definition) is 0. The third kappa shape index (κ3) is 5.74. The van der Waals surface area contributed by atoms with Crippen molar-refractivity contribution in [3.63, 3.8) is 0 Å². The molecule has 0 saturated carbocycles. The molecular weight excluding hydrogens is 286 g/mol. The summed E-state index contributed by atoms with van der Waals surface area (Å²) < 4.78 is 5.44. The van der Waals surface area contributed by atoms with Crippen molar-refractivity contribution in [2.24, 2.45) is 5.92 Å². The van der Waals surface area contributed by atoms with Crippen molar-refractivity contribution in [1.82, 2.24) is 4.90 Å². The number of hydrogen-bond acceptors (Lipinski definition) is 2. The van der Waals surface area contributed by atoms with Gasteiger partial charge in [0.2, 0.25) is 0 Å². The normalized spacial score (nSPS) is 17.2. The molecule has 0 bridgehead atoms. The zero-order valence-electron chi connectivity index (χ0n) is 14.8. The average Bonchev–Trinajstić information content (AvgIpc) is 2.52. The molecule has 126 valence electrons. The molecule has 1 heterocycles. The Morgan fingerprint density at radius 2 is 1.83 bits per heavy atom. The molecule has 23 heavy (non-hydrogen) atoms. The van der Waals surface area contributed by atoms with E-state index in [4.69, 9.17) is 4.74 Å². The maximum absolute atomic E-state index is 12.1. The Hall–Kier alpha value is -1.77. The summed E-state index contributed by atoms with van der Waals surface area (Å²) in [5, 5.41) is 0. The number of rotatable bonds is 3. The molecule has 0 spiro atoms. The van der Waals surface area contributed by atoms with E-state index in [1.54, 1.807) is 0 Å². The van der Waals surface area contributed by atoms with Gasteiger partial charge >= 0.3 is 6.09 Å². The zero-order chi connectivity index (χ0) is 16.9. The van der Waals surface area contributed by atoms with Gasteiger partial charge in [0.05, 0.1) is 0 Å². The second-order valence-corrected chi connectivity index (χ2v) is 7.40. The Morgan fingerprint density at radius 1 is 1.22 bits per heavy atom. The molecule has 0 N–H and O–H groups in total. The van der Waals surface area contributed by atoms with Crippen molar-refractivity contribution in [3.8, 4) is 0 Å². The second kappa shape index (κ2) is 7.67. The maximum Gasteiger partial charge on any atom is 0.410 e. The van der Waals surface area contributed by atoms with Crippen molar-refractivity contribution in [3.05, 3.63) is 42.0 Å². The van der Waals surface area contributed by atoms with Crippen LogP contribution in [0.4, 0.5) is 4.79 Å². The Labute approximate surface area is 140 Å². The van der Waals surface area contributed by atoms with Crippen molar-refractivity contribution in [1.29, 1.82) is 0 Å². The molecule has 1 aromatic rings. The van der Waals surface area contributed by atoms with Gasteiger partial charge in [0.25, 0.3) is 0 Å². The van der Waals surface area contributed by atoms with Crippen LogP contribution >= 0.6 is 0 Å². The predicted molar refractivity (Wildman–Crippen MR) is 95.2 cm³/mol. The van der Waals surface area contributed by atoms with E-state index < -0.39 is 5.60 Å². The maximum atomic E-state index is 12.1. The molecule has 0 radical (unpaired) electrons. The van der Waals surface area contributed by atoms with Gasteiger partial charge in [0, 0.05) is 13.1 Å². The Balaban J connectivity index is 1.80. The minimum atomic E-state index is -0.413. The number of piperidine rings is 1. The summed E-state index contributed by atoms with van der Waals surface area (Å²) in [6.07, 6.45) is 5.36. The van der Waals surface area contributed by atoms with Crippen molar-refractivity contribution in [2.75, 3.05) is 13.1 Å². The van der Waals surface area contributed by atoms with E-state index in [1.165, 1.54) is 11.1 Å². The summed E-state index contributed by atoms with van der Waals surface area (Å²) in [6, 6.07) is 10.5. The fourth-order valence-electron chi connectivity index (χ4n) is 2.84. The average molecular weight is 315 g/mol. The van der Waals surface area contributed by atoms with Crippen LogP contribution in [0.5, 0.6) is 0 Å². The molecule has 3 nitrogen and oxygen atoms in total. The first-order valence-electron chi connectivity index (χ1n) is 8.55. The number of allylic oxidation sites excluding steroid dienone is 2. The van der Waals surface area contributed by atoms with E-state index in [9.17, 15) is 4.79 Å². The lowest BCUT2D eigenvalue weighted by atomic mass is 9.92. The second-order valence-electron chi connectivity index (χ2n) is 7.40. The molecule has 1 aliphatic rings. The molecule has 0 aromatic heterocycles. The number of carbonyl (C=O) groups is 1. The molecule has 1 saturated heterocycles. The highest BCUT2D eigenvalue weighted by molar-refractivity contribution is 5.68. The summed E-state index contributed by atoms with van der Waals surface area (Å²) in [5.41, 5.74) is 2.21. The molecule has 1 aromatic carbocycles. The van der Waals surface area contributed by atoms with Gasteiger partial charge in [-0.3, -0.25) is 0 Å².